The number of hydrogen-bond acceptors (Lipinski definition) is 4. The number of nitrogens with one attached hydrogen (secondary N) is 1. The number of rotatable bonds is 6. The molecule has 0 heterocycles. The number of carbonyl (C=O) groups is 1. The molecule has 0 aromatic carbocycles. The number of hydrogen-bond donors (Lipinski definition) is 1. The summed E-state index contributed by atoms with van der Waals surface area (Å²) < 4.78 is 29.5. The van der Waals surface area contributed by atoms with Crippen molar-refractivity contribution in [2.75, 3.05) is 23.8 Å². The van der Waals surface area contributed by atoms with E-state index >= 15 is 0 Å². The number of halogens is 1. The Kier molecular flexibility index (Phi) is 6.60. The van der Waals surface area contributed by atoms with Crippen molar-refractivity contribution in [3.63, 3.8) is 0 Å². The van der Waals surface area contributed by atoms with Gasteiger partial charge in [0.05, 0.1) is 19.3 Å². The second-order valence-electron chi connectivity index (χ2n) is 2.23. The SMILES string of the molecule is COC(=O)CCS(=O)(=O)NCCI. The Bertz CT molecular complexity index is 251. The smallest absolute Gasteiger partial charge is 0.306 e. The molecule has 0 fully saturated rings. The third-order valence-corrected chi connectivity index (χ3v) is 3.14. The highest BCUT2D eigenvalue weighted by atomic mass is 127. The molecular weight excluding hydrogens is 309 g/mol. The van der Waals surface area contributed by atoms with Crippen molar-refractivity contribution in [3.05, 3.63) is 0 Å². The molecule has 5 nitrogen and oxygen atoms in total. The summed E-state index contributed by atoms with van der Waals surface area (Å²) in [5.41, 5.74) is 0. The molecule has 0 aliphatic carbocycles. The third-order valence-electron chi connectivity index (χ3n) is 1.22. The molecule has 0 saturated carbocycles. The highest BCUT2D eigenvalue weighted by Gasteiger charge is 2.12. The number of ether oxygens (including phenoxy) is 1. The van der Waals surface area contributed by atoms with E-state index in [0.717, 1.165) is 0 Å². The van der Waals surface area contributed by atoms with Crippen LogP contribution in [-0.2, 0) is 19.6 Å². The average Bonchev–Trinajstić information content (AvgIpc) is 2.11. The van der Waals surface area contributed by atoms with Crippen LogP contribution in [0.1, 0.15) is 6.42 Å². The number of carbonyl (C=O) groups excluding carboxylic acids is 1. The highest BCUT2D eigenvalue weighted by Crippen LogP contribution is 1.92. The second kappa shape index (κ2) is 6.55. The lowest BCUT2D eigenvalue weighted by atomic mass is 10.5. The van der Waals surface area contributed by atoms with Gasteiger partial charge in [-0.15, -0.1) is 0 Å². The summed E-state index contributed by atoms with van der Waals surface area (Å²) in [6.45, 7) is 0.393. The van der Waals surface area contributed by atoms with Crippen LogP contribution >= 0.6 is 22.6 Å². The molecule has 1 N–H and O–H groups in total. The Hall–Kier alpha value is 0.110. The Morgan fingerprint density at radius 1 is 1.54 bits per heavy atom. The maximum absolute atomic E-state index is 11.1. The van der Waals surface area contributed by atoms with E-state index in [1.807, 2.05) is 0 Å². The molecule has 0 spiro atoms. The van der Waals surface area contributed by atoms with Gasteiger partial charge in [0.2, 0.25) is 10.0 Å². The van der Waals surface area contributed by atoms with E-state index in [-0.39, 0.29) is 12.2 Å². The minimum atomic E-state index is -3.30. The predicted molar refractivity (Wildman–Crippen MR) is 57.3 cm³/mol. The summed E-state index contributed by atoms with van der Waals surface area (Å²) >= 11 is 2.06. The van der Waals surface area contributed by atoms with E-state index in [1.165, 1.54) is 7.11 Å². The molecule has 0 bridgehead atoms. The van der Waals surface area contributed by atoms with Crippen LogP contribution in [-0.4, -0.2) is 38.2 Å². The molecule has 0 aromatic heterocycles. The van der Waals surface area contributed by atoms with E-state index in [2.05, 4.69) is 32.0 Å². The second-order valence-corrected chi connectivity index (χ2v) is 5.23. The lowest BCUT2D eigenvalue weighted by Crippen LogP contribution is -2.29. The zero-order valence-electron chi connectivity index (χ0n) is 7.25. The zero-order valence-corrected chi connectivity index (χ0v) is 10.2. The summed E-state index contributed by atoms with van der Waals surface area (Å²) in [4.78, 5) is 10.6. The van der Waals surface area contributed by atoms with Crippen LogP contribution in [0.5, 0.6) is 0 Å². The van der Waals surface area contributed by atoms with Crippen LogP contribution in [0.15, 0.2) is 0 Å². The number of sulfonamides is 1. The van der Waals surface area contributed by atoms with Crippen LogP contribution in [0.3, 0.4) is 0 Å². The fourth-order valence-corrected chi connectivity index (χ4v) is 2.21. The van der Waals surface area contributed by atoms with Gasteiger partial charge in [0.25, 0.3) is 0 Å². The third kappa shape index (κ3) is 7.20. The molecule has 0 rings (SSSR count). The first-order chi connectivity index (χ1) is 6.02. The maximum atomic E-state index is 11.1. The van der Waals surface area contributed by atoms with Crippen LogP contribution in [0.2, 0.25) is 0 Å². The maximum Gasteiger partial charge on any atom is 0.306 e. The molecule has 0 unspecified atom stereocenters. The Labute approximate surface area is 91.4 Å². The van der Waals surface area contributed by atoms with Gasteiger partial charge >= 0.3 is 5.97 Å². The van der Waals surface area contributed by atoms with E-state index in [9.17, 15) is 13.2 Å². The molecule has 0 aliphatic heterocycles. The van der Waals surface area contributed by atoms with Crippen LogP contribution in [0.25, 0.3) is 0 Å². The molecule has 0 aliphatic rings. The molecule has 7 heteroatoms. The van der Waals surface area contributed by atoms with Gasteiger partial charge in [-0.05, 0) is 0 Å². The number of methoxy groups -OCH3 is 1. The minimum Gasteiger partial charge on any atom is -0.469 e. The van der Waals surface area contributed by atoms with Crippen molar-refractivity contribution >= 4 is 38.6 Å². The van der Waals surface area contributed by atoms with Gasteiger partial charge in [-0.2, -0.15) is 0 Å². The van der Waals surface area contributed by atoms with E-state index < -0.39 is 16.0 Å². The van der Waals surface area contributed by atoms with Crippen LogP contribution in [0.4, 0.5) is 0 Å². The van der Waals surface area contributed by atoms with Crippen LogP contribution in [0, 0.1) is 0 Å². The average molecular weight is 321 g/mol. The van der Waals surface area contributed by atoms with Gasteiger partial charge in [-0.25, -0.2) is 13.1 Å². The van der Waals surface area contributed by atoms with E-state index in [1.54, 1.807) is 0 Å². The lowest BCUT2D eigenvalue weighted by Gasteiger charge is -2.03. The Morgan fingerprint density at radius 2 is 2.15 bits per heavy atom. The van der Waals surface area contributed by atoms with Crippen molar-refractivity contribution in [1.82, 2.24) is 4.72 Å². The molecule has 0 radical (unpaired) electrons. The first-order valence-electron chi connectivity index (χ1n) is 3.62. The summed E-state index contributed by atoms with van der Waals surface area (Å²) in [7, 11) is -2.08. The van der Waals surface area contributed by atoms with Gasteiger partial charge in [0, 0.05) is 11.0 Å². The first kappa shape index (κ1) is 13.1. The van der Waals surface area contributed by atoms with Gasteiger partial charge in [-0.3, -0.25) is 4.79 Å². The van der Waals surface area contributed by atoms with Crippen molar-refractivity contribution in [1.29, 1.82) is 0 Å². The van der Waals surface area contributed by atoms with Crippen molar-refractivity contribution in [3.8, 4) is 0 Å². The number of esters is 1. The molecule has 13 heavy (non-hydrogen) atoms. The van der Waals surface area contributed by atoms with E-state index in [4.69, 9.17) is 0 Å². The fourth-order valence-electron chi connectivity index (χ4n) is 0.586. The zero-order chi connectivity index (χ0) is 10.3. The lowest BCUT2D eigenvalue weighted by molar-refractivity contribution is -0.140. The van der Waals surface area contributed by atoms with Gasteiger partial charge in [-0.1, -0.05) is 22.6 Å². The van der Waals surface area contributed by atoms with Crippen molar-refractivity contribution in [2.24, 2.45) is 0 Å². The topological polar surface area (TPSA) is 72.5 Å². The van der Waals surface area contributed by atoms with Crippen molar-refractivity contribution in [2.45, 2.75) is 6.42 Å². The molecule has 0 saturated heterocycles. The normalized spacial score (nSPS) is 11.2. The quantitative estimate of drug-likeness (QED) is 0.421. The monoisotopic (exact) mass is 321 g/mol. The predicted octanol–water partition coefficient (Wildman–Crippen LogP) is -0.0961. The standard InChI is InChI=1S/C6H12INO4S/c1-12-6(9)2-5-13(10,11)8-4-3-7/h8H,2-5H2,1H3. The number of alkyl halides is 1. The fraction of sp³-hybridized carbons (Fsp3) is 0.833. The Balaban J connectivity index is 3.83. The van der Waals surface area contributed by atoms with Gasteiger partial charge < -0.3 is 4.74 Å². The van der Waals surface area contributed by atoms with Crippen LogP contribution < -0.4 is 4.72 Å². The summed E-state index contributed by atoms with van der Waals surface area (Å²) in [5.74, 6) is -0.726. The largest absolute Gasteiger partial charge is 0.469 e. The summed E-state index contributed by atoms with van der Waals surface area (Å²) in [5, 5.41) is 0. The molecular formula is C6H12INO4S. The molecule has 0 atom stereocenters. The summed E-state index contributed by atoms with van der Waals surface area (Å²) in [6, 6.07) is 0. The first-order valence-corrected chi connectivity index (χ1v) is 6.79. The molecule has 0 aromatic rings. The van der Waals surface area contributed by atoms with Gasteiger partial charge in [0.15, 0.2) is 0 Å². The Morgan fingerprint density at radius 3 is 2.62 bits per heavy atom. The molecule has 78 valence electrons. The molecule has 0 amide bonds. The van der Waals surface area contributed by atoms with Gasteiger partial charge in [0.1, 0.15) is 0 Å². The highest BCUT2D eigenvalue weighted by molar-refractivity contribution is 14.1. The minimum absolute atomic E-state index is 0.104. The summed E-state index contributed by atoms with van der Waals surface area (Å²) in [6.07, 6.45) is -0.104. The van der Waals surface area contributed by atoms with Crippen molar-refractivity contribution < 1.29 is 17.9 Å². The van der Waals surface area contributed by atoms with E-state index in [0.29, 0.717) is 11.0 Å².